The van der Waals surface area contributed by atoms with Crippen molar-refractivity contribution < 1.29 is 9.59 Å². The van der Waals surface area contributed by atoms with Gasteiger partial charge in [-0.3, -0.25) is 9.59 Å². The summed E-state index contributed by atoms with van der Waals surface area (Å²) in [4.78, 5) is 23.9. The van der Waals surface area contributed by atoms with Crippen LogP contribution in [0.3, 0.4) is 0 Å². The number of amides is 2. The van der Waals surface area contributed by atoms with Crippen LogP contribution >= 0.6 is 0 Å². The topological polar surface area (TPSA) is 58.2 Å². The summed E-state index contributed by atoms with van der Waals surface area (Å²) < 4.78 is 0. The first-order valence-electron chi connectivity index (χ1n) is 8.06. The molecule has 0 heterocycles. The standard InChI is InChI=1S/C20H24N2O2/c1-13-5-8-17(9-6-13)19(21-16(4)23)12-20(24)22-18-10-7-14(2)11-15(18)3/h5-11,19H,12H2,1-4H3,(H,21,23)(H,22,24). The van der Waals surface area contributed by atoms with Crippen LogP contribution in [-0.4, -0.2) is 11.8 Å². The second-order valence-corrected chi connectivity index (χ2v) is 6.23. The molecule has 0 bridgehead atoms. The summed E-state index contributed by atoms with van der Waals surface area (Å²) in [6.45, 7) is 7.45. The van der Waals surface area contributed by atoms with E-state index in [0.29, 0.717) is 0 Å². The highest BCUT2D eigenvalue weighted by molar-refractivity contribution is 5.92. The molecule has 0 spiro atoms. The Morgan fingerprint density at radius 3 is 2.17 bits per heavy atom. The van der Waals surface area contributed by atoms with Gasteiger partial charge in [-0.25, -0.2) is 0 Å². The van der Waals surface area contributed by atoms with Crippen molar-refractivity contribution in [3.05, 3.63) is 64.7 Å². The third kappa shape index (κ3) is 4.95. The van der Waals surface area contributed by atoms with E-state index < -0.39 is 0 Å². The summed E-state index contributed by atoms with van der Waals surface area (Å²) in [5.74, 6) is -0.277. The zero-order valence-corrected chi connectivity index (χ0v) is 14.6. The Kier molecular flexibility index (Phi) is 5.74. The predicted octanol–water partition coefficient (Wildman–Crippen LogP) is 3.82. The average Bonchev–Trinajstić information content (AvgIpc) is 2.50. The van der Waals surface area contributed by atoms with E-state index in [9.17, 15) is 9.59 Å². The second kappa shape index (κ2) is 7.77. The number of nitrogens with one attached hydrogen (secondary N) is 2. The van der Waals surface area contributed by atoms with E-state index in [4.69, 9.17) is 0 Å². The number of carbonyl (C=O) groups is 2. The van der Waals surface area contributed by atoms with Gasteiger partial charge in [0.25, 0.3) is 0 Å². The molecule has 24 heavy (non-hydrogen) atoms. The van der Waals surface area contributed by atoms with Gasteiger partial charge in [0, 0.05) is 12.6 Å². The molecule has 0 saturated carbocycles. The Labute approximate surface area is 143 Å². The third-order valence-corrected chi connectivity index (χ3v) is 3.90. The van der Waals surface area contributed by atoms with Gasteiger partial charge in [-0.05, 0) is 38.0 Å². The lowest BCUT2D eigenvalue weighted by Gasteiger charge is -2.19. The van der Waals surface area contributed by atoms with E-state index in [0.717, 1.165) is 27.9 Å². The molecule has 0 radical (unpaired) electrons. The number of anilines is 1. The molecule has 0 aliphatic rings. The van der Waals surface area contributed by atoms with Crippen molar-refractivity contribution in [1.82, 2.24) is 5.32 Å². The van der Waals surface area contributed by atoms with E-state index in [1.165, 1.54) is 6.92 Å². The minimum absolute atomic E-state index is 0.124. The number of hydrogen-bond donors (Lipinski definition) is 2. The minimum Gasteiger partial charge on any atom is -0.349 e. The van der Waals surface area contributed by atoms with E-state index in [1.54, 1.807) is 0 Å². The van der Waals surface area contributed by atoms with Crippen LogP contribution in [0.25, 0.3) is 0 Å². The maximum Gasteiger partial charge on any atom is 0.226 e. The molecule has 126 valence electrons. The van der Waals surface area contributed by atoms with Gasteiger partial charge >= 0.3 is 0 Å². The van der Waals surface area contributed by atoms with E-state index in [2.05, 4.69) is 10.6 Å². The van der Waals surface area contributed by atoms with Crippen LogP contribution in [0.1, 0.15) is 41.6 Å². The molecule has 0 fully saturated rings. The molecule has 2 aromatic carbocycles. The predicted molar refractivity (Wildman–Crippen MR) is 96.9 cm³/mol. The zero-order chi connectivity index (χ0) is 17.7. The first-order chi connectivity index (χ1) is 11.3. The van der Waals surface area contributed by atoms with Crippen LogP contribution < -0.4 is 10.6 Å². The monoisotopic (exact) mass is 324 g/mol. The summed E-state index contributed by atoms with van der Waals surface area (Å²) >= 11 is 0. The molecule has 1 unspecified atom stereocenters. The second-order valence-electron chi connectivity index (χ2n) is 6.23. The van der Waals surface area contributed by atoms with E-state index in [-0.39, 0.29) is 24.3 Å². The molecular weight excluding hydrogens is 300 g/mol. The lowest BCUT2D eigenvalue weighted by atomic mass is 10.0. The minimum atomic E-state index is -0.339. The lowest BCUT2D eigenvalue weighted by Crippen LogP contribution is -2.29. The zero-order valence-electron chi connectivity index (χ0n) is 14.6. The van der Waals surface area contributed by atoms with E-state index in [1.807, 2.05) is 63.2 Å². The molecule has 2 amide bonds. The van der Waals surface area contributed by atoms with Crippen molar-refractivity contribution in [3.63, 3.8) is 0 Å². The fourth-order valence-electron chi connectivity index (χ4n) is 2.64. The van der Waals surface area contributed by atoms with Gasteiger partial charge in [0.15, 0.2) is 0 Å². The van der Waals surface area contributed by atoms with Crippen LogP contribution in [0.15, 0.2) is 42.5 Å². The van der Waals surface area contributed by atoms with Crippen LogP contribution in [-0.2, 0) is 9.59 Å². The maximum absolute atomic E-state index is 12.4. The normalized spacial score (nSPS) is 11.7. The van der Waals surface area contributed by atoms with Gasteiger partial charge in [-0.15, -0.1) is 0 Å². The van der Waals surface area contributed by atoms with Gasteiger partial charge < -0.3 is 10.6 Å². The highest BCUT2D eigenvalue weighted by Gasteiger charge is 2.17. The summed E-state index contributed by atoms with van der Waals surface area (Å²) in [6.07, 6.45) is 0.190. The molecule has 4 nitrogen and oxygen atoms in total. The molecular formula is C20H24N2O2. The lowest BCUT2D eigenvalue weighted by molar-refractivity contribution is -0.120. The molecule has 0 aromatic heterocycles. The number of aryl methyl sites for hydroxylation is 3. The number of carbonyl (C=O) groups excluding carboxylic acids is 2. The van der Waals surface area contributed by atoms with Gasteiger partial charge in [-0.2, -0.15) is 0 Å². The quantitative estimate of drug-likeness (QED) is 0.878. The Bertz CT molecular complexity index is 736. The number of rotatable bonds is 5. The van der Waals surface area contributed by atoms with Crippen molar-refractivity contribution in [2.24, 2.45) is 0 Å². The van der Waals surface area contributed by atoms with Gasteiger partial charge in [-0.1, -0.05) is 47.5 Å². The molecule has 0 aliphatic carbocycles. The third-order valence-electron chi connectivity index (χ3n) is 3.90. The van der Waals surface area contributed by atoms with E-state index >= 15 is 0 Å². The summed E-state index contributed by atoms with van der Waals surface area (Å²) in [6, 6.07) is 13.4. The smallest absolute Gasteiger partial charge is 0.226 e. The Balaban J connectivity index is 2.12. The highest BCUT2D eigenvalue weighted by Crippen LogP contribution is 2.20. The Morgan fingerprint density at radius 1 is 0.958 bits per heavy atom. The summed E-state index contributed by atoms with van der Waals surface area (Å²) in [5, 5.41) is 5.79. The Hall–Kier alpha value is -2.62. The van der Waals surface area contributed by atoms with Crippen molar-refractivity contribution in [2.45, 2.75) is 40.2 Å². The first-order valence-corrected chi connectivity index (χ1v) is 8.06. The van der Waals surface area contributed by atoms with Crippen LogP contribution in [0.4, 0.5) is 5.69 Å². The molecule has 2 rings (SSSR count). The molecule has 2 aromatic rings. The highest BCUT2D eigenvalue weighted by atomic mass is 16.2. The molecule has 4 heteroatoms. The fourth-order valence-corrected chi connectivity index (χ4v) is 2.64. The fraction of sp³-hybridized carbons (Fsp3) is 0.300. The van der Waals surface area contributed by atoms with Crippen LogP contribution in [0.5, 0.6) is 0 Å². The van der Waals surface area contributed by atoms with Gasteiger partial charge in [0.2, 0.25) is 11.8 Å². The van der Waals surface area contributed by atoms with Crippen molar-refractivity contribution in [2.75, 3.05) is 5.32 Å². The molecule has 1 atom stereocenters. The maximum atomic E-state index is 12.4. The van der Waals surface area contributed by atoms with Gasteiger partial charge in [0.05, 0.1) is 12.5 Å². The van der Waals surface area contributed by atoms with Gasteiger partial charge in [0.1, 0.15) is 0 Å². The summed E-state index contributed by atoms with van der Waals surface area (Å²) in [5.41, 5.74) is 5.04. The largest absolute Gasteiger partial charge is 0.349 e. The van der Waals surface area contributed by atoms with Crippen molar-refractivity contribution in [1.29, 1.82) is 0 Å². The Morgan fingerprint density at radius 2 is 1.58 bits per heavy atom. The van der Waals surface area contributed by atoms with Crippen LogP contribution in [0, 0.1) is 20.8 Å². The SMILES string of the molecule is CC(=O)NC(CC(=O)Nc1ccc(C)cc1C)c1ccc(C)cc1. The first kappa shape index (κ1) is 17.7. The van der Waals surface area contributed by atoms with Crippen molar-refractivity contribution >= 4 is 17.5 Å². The molecule has 2 N–H and O–H groups in total. The average molecular weight is 324 g/mol. The van der Waals surface area contributed by atoms with Crippen molar-refractivity contribution in [3.8, 4) is 0 Å². The summed E-state index contributed by atoms with van der Waals surface area (Å²) in [7, 11) is 0. The molecule has 0 aliphatic heterocycles. The van der Waals surface area contributed by atoms with Crippen LogP contribution in [0.2, 0.25) is 0 Å². The number of hydrogen-bond acceptors (Lipinski definition) is 2. The number of benzene rings is 2. The molecule has 0 saturated heterocycles.